The number of nitrogens with zero attached hydrogens (tertiary/aromatic N) is 2. The van der Waals surface area contributed by atoms with E-state index in [0.717, 1.165) is 37.4 Å². The van der Waals surface area contributed by atoms with Crippen LogP contribution in [0.25, 0.3) is 0 Å². The van der Waals surface area contributed by atoms with Crippen LogP contribution >= 0.6 is 11.8 Å². The third-order valence-corrected chi connectivity index (χ3v) is 7.99. The number of aliphatic hydroxyl groups excluding tert-OH is 1. The Bertz CT molecular complexity index is 710. The van der Waals surface area contributed by atoms with Crippen molar-refractivity contribution in [3.8, 4) is 0 Å². The van der Waals surface area contributed by atoms with Gasteiger partial charge in [0, 0.05) is 41.7 Å². The summed E-state index contributed by atoms with van der Waals surface area (Å²) in [5, 5.41) is 23.5. The van der Waals surface area contributed by atoms with Gasteiger partial charge in [0.1, 0.15) is 5.70 Å². The molecule has 0 aromatic carbocycles. The number of hydrogen-bond acceptors (Lipinski definition) is 6. The second-order valence-corrected chi connectivity index (χ2v) is 9.68. The second kappa shape index (κ2) is 7.72. The van der Waals surface area contributed by atoms with E-state index in [4.69, 9.17) is 0 Å². The fraction of sp³-hybridized carbons (Fsp3) is 0.700. The van der Waals surface area contributed by atoms with Crippen molar-refractivity contribution in [3.05, 3.63) is 22.9 Å². The lowest BCUT2D eigenvalue weighted by atomic mass is 9.79. The maximum atomic E-state index is 12.4. The molecule has 4 aliphatic heterocycles. The van der Waals surface area contributed by atoms with Crippen LogP contribution in [0.15, 0.2) is 22.9 Å². The molecule has 0 aliphatic carbocycles. The van der Waals surface area contributed by atoms with Gasteiger partial charge in [-0.2, -0.15) is 0 Å². The number of aliphatic hydroxyl groups is 1. The first-order valence-corrected chi connectivity index (χ1v) is 11.1. The number of fused-ring (bicyclic) bond motifs is 1. The number of piperidine rings is 1. The number of carbonyl (C=O) groups excluding carboxylic acids is 1. The number of aliphatic carboxylic acids is 1. The van der Waals surface area contributed by atoms with Gasteiger partial charge in [-0.3, -0.25) is 4.79 Å². The minimum absolute atomic E-state index is 0.0579. The Balaban J connectivity index is 1.40. The van der Waals surface area contributed by atoms with Crippen LogP contribution in [-0.4, -0.2) is 75.0 Å². The van der Waals surface area contributed by atoms with Crippen molar-refractivity contribution in [1.29, 1.82) is 0 Å². The topological polar surface area (TPSA) is 93.1 Å². The summed E-state index contributed by atoms with van der Waals surface area (Å²) >= 11 is 1.60. The Hall–Kier alpha value is -1.51. The molecule has 0 aromatic rings. The molecule has 0 aromatic heterocycles. The van der Waals surface area contributed by atoms with Crippen molar-refractivity contribution in [2.75, 3.05) is 19.6 Å². The summed E-state index contributed by atoms with van der Waals surface area (Å²) in [5.74, 6) is -1.87. The van der Waals surface area contributed by atoms with Gasteiger partial charge in [-0.15, -0.1) is 11.8 Å². The monoisotopic (exact) mass is 407 g/mol. The Morgan fingerprint density at radius 3 is 2.64 bits per heavy atom. The molecule has 28 heavy (non-hydrogen) atoms. The fourth-order valence-corrected chi connectivity index (χ4v) is 6.13. The highest BCUT2D eigenvalue weighted by Gasteiger charge is 2.60. The zero-order valence-electron chi connectivity index (χ0n) is 16.4. The molecule has 3 saturated heterocycles. The van der Waals surface area contributed by atoms with Crippen LogP contribution < -0.4 is 5.32 Å². The molecule has 1 amide bonds. The highest BCUT2D eigenvalue weighted by molar-refractivity contribution is 8.03. The zero-order valence-corrected chi connectivity index (χ0v) is 17.2. The molecule has 0 bridgehead atoms. The molecule has 3 fully saturated rings. The Kier molecular flexibility index (Phi) is 5.46. The molecule has 3 N–H and O–H groups in total. The van der Waals surface area contributed by atoms with Crippen LogP contribution in [0.1, 0.15) is 33.1 Å². The molecular weight excluding hydrogens is 378 g/mol. The van der Waals surface area contributed by atoms with Gasteiger partial charge in [0.05, 0.1) is 18.1 Å². The summed E-state index contributed by atoms with van der Waals surface area (Å²) in [4.78, 5) is 28.8. The third-order valence-electron chi connectivity index (χ3n) is 6.43. The van der Waals surface area contributed by atoms with E-state index in [2.05, 4.69) is 22.5 Å². The van der Waals surface area contributed by atoms with E-state index >= 15 is 0 Å². The van der Waals surface area contributed by atoms with Crippen molar-refractivity contribution in [2.45, 2.75) is 56.5 Å². The van der Waals surface area contributed by atoms with Crippen LogP contribution in [-0.2, 0) is 9.59 Å². The average Bonchev–Trinajstić information content (AvgIpc) is 2.84. The molecule has 7 nitrogen and oxygen atoms in total. The molecular formula is C20H29N3O4S. The number of amides is 1. The predicted molar refractivity (Wildman–Crippen MR) is 107 cm³/mol. The first-order valence-electron chi connectivity index (χ1n) is 10.2. The van der Waals surface area contributed by atoms with E-state index in [1.54, 1.807) is 18.7 Å². The number of β-lactam (4-membered cyclic amide) rings is 1. The standard InChI is InChI=1S/C20H29N3O4S/c1-11-16-15(12(2)24)19(25)23(16)17(20(26)27)18(11)28-14-5-4-13(21-10-14)6-9-22-7-3-8-22/h6,9,11-16,21,24H,3-5,7-8,10H2,1-2H3,(H,26,27)/b9-6+/t11?,12-,13?,14?,15-,16?/m1/s1. The van der Waals surface area contributed by atoms with Gasteiger partial charge in [0.15, 0.2) is 0 Å². The fourth-order valence-electron chi connectivity index (χ4n) is 4.69. The van der Waals surface area contributed by atoms with E-state index < -0.39 is 18.0 Å². The lowest BCUT2D eigenvalue weighted by molar-refractivity contribution is -0.163. The van der Waals surface area contributed by atoms with Crippen LogP contribution in [0.3, 0.4) is 0 Å². The molecule has 8 heteroatoms. The number of thioether (sulfide) groups is 1. The Labute approximate surface area is 169 Å². The summed E-state index contributed by atoms with van der Waals surface area (Å²) < 4.78 is 0. The van der Waals surface area contributed by atoms with Gasteiger partial charge in [0.2, 0.25) is 5.91 Å². The highest BCUT2D eigenvalue weighted by Crippen LogP contribution is 2.51. The van der Waals surface area contributed by atoms with E-state index in [1.807, 2.05) is 6.92 Å². The van der Waals surface area contributed by atoms with Crippen LogP contribution in [0, 0.1) is 11.8 Å². The summed E-state index contributed by atoms with van der Waals surface area (Å²) in [6.45, 7) is 6.70. The predicted octanol–water partition coefficient (Wildman–Crippen LogP) is 1.21. The normalized spacial score (nSPS) is 36.4. The van der Waals surface area contributed by atoms with Crippen LogP contribution in [0.5, 0.6) is 0 Å². The Morgan fingerprint density at radius 2 is 2.11 bits per heavy atom. The third kappa shape index (κ3) is 3.35. The van der Waals surface area contributed by atoms with Gasteiger partial charge in [-0.1, -0.05) is 13.0 Å². The molecule has 4 rings (SSSR count). The summed E-state index contributed by atoms with van der Waals surface area (Å²) in [7, 11) is 0. The molecule has 154 valence electrons. The van der Waals surface area contributed by atoms with E-state index in [1.165, 1.54) is 11.3 Å². The molecule has 4 heterocycles. The molecule has 0 spiro atoms. The van der Waals surface area contributed by atoms with Gasteiger partial charge in [-0.25, -0.2) is 4.79 Å². The number of nitrogens with one attached hydrogen (secondary N) is 1. The van der Waals surface area contributed by atoms with Crippen molar-refractivity contribution >= 4 is 23.6 Å². The van der Waals surface area contributed by atoms with Crippen LogP contribution in [0.2, 0.25) is 0 Å². The quantitative estimate of drug-likeness (QED) is 0.570. The summed E-state index contributed by atoms with van der Waals surface area (Å²) in [6.07, 6.45) is 6.97. The number of carboxylic acids is 1. The van der Waals surface area contributed by atoms with Crippen molar-refractivity contribution < 1.29 is 19.8 Å². The number of carboxylic acid groups (broad SMARTS) is 1. The lowest BCUT2D eigenvalue weighted by Gasteiger charge is -2.46. The van der Waals surface area contributed by atoms with Crippen molar-refractivity contribution in [1.82, 2.24) is 15.1 Å². The van der Waals surface area contributed by atoms with Gasteiger partial charge in [-0.05, 0) is 32.4 Å². The SMILES string of the molecule is CC1C(SC2CCC(/C=C/N3CCC3)NC2)=C(C(=O)O)N2C(=O)[C@H]([C@@H](C)O)C12. The van der Waals surface area contributed by atoms with Crippen LogP contribution in [0.4, 0.5) is 0 Å². The highest BCUT2D eigenvalue weighted by atomic mass is 32.2. The molecule has 4 unspecified atom stereocenters. The minimum atomic E-state index is -1.05. The number of rotatable bonds is 6. The van der Waals surface area contributed by atoms with E-state index in [9.17, 15) is 19.8 Å². The molecule has 0 saturated carbocycles. The Morgan fingerprint density at radius 1 is 1.36 bits per heavy atom. The second-order valence-electron chi connectivity index (χ2n) is 8.33. The first kappa shape index (κ1) is 19.8. The number of likely N-dealkylation sites (tertiary alicyclic amines) is 1. The van der Waals surface area contributed by atoms with Gasteiger partial charge < -0.3 is 25.3 Å². The van der Waals surface area contributed by atoms with Crippen molar-refractivity contribution in [3.63, 3.8) is 0 Å². The zero-order chi connectivity index (χ0) is 20.0. The minimum Gasteiger partial charge on any atom is -0.477 e. The largest absolute Gasteiger partial charge is 0.477 e. The van der Waals surface area contributed by atoms with E-state index in [-0.39, 0.29) is 23.6 Å². The molecule has 0 radical (unpaired) electrons. The maximum absolute atomic E-state index is 12.4. The van der Waals surface area contributed by atoms with Crippen molar-refractivity contribution in [2.24, 2.45) is 11.8 Å². The molecule has 6 atom stereocenters. The lowest BCUT2D eigenvalue weighted by Crippen LogP contribution is -2.63. The first-order chi connectivity index (χ1) is 13.4. The summed E-state index contributed by atoms with van der Waals surface area (Å²) in [5.41, 5.74) is 0.129. The van der Waals surface area contributed by atoms with E-state index in [0.29, 0.717) is 11.3 Å². The average molecular weight is 408 g/mol. The smallest absolute Gasteiger partial charge is 0.353 e. The van der Waals surface area contributed by atoms with Gasteiger partial charge >= 0.3 is 5.97 Å². The maximum Gasteiger partial charge on any atom is 0.353 e. The van der Waals surface area contributed by atoms with Gasteiger partial charge in [0.25, 0.3) is 0 Å². The molecule has 4 aliphatic rings. The number of carbonyl (C=O) groups is 2. The summed E-state index contributed by atoms with van der Waals surface area (Å²) in [6, 6.07) is 0.136. The number of hydrogen-bond donors (Lipinski definition) is 3.